The van der Waals surface area contributed by atoms with Gasteiger partial charge in [0.1, 0.15) is 11.6 Å². The van der Waals surface area contributed by atoms with Gasteiger partial charge in [0, 0.05) is 33.4 Å². The zero-order chi connectivity index (χ0) is 26.6. The third-order valence-electron chi connectivity index (χ3n) is 8.40. The molecule has 2 aromatic heterocycles. The molecule has 2 aliphatic carbocycles. The molecule has 2 aliphatic rings. The van der Waals surface area contributed by atoms with Crippen LogP contribution in [0.5, 0.6) is 0 Å². The summed E-state index contributed by atoms with van der Waals surface area (Å²) in [5, 5.41) is 31.3. The predicted molar refractivity (Wildman–Crippen MR) is 142 cm³/mol. The molecule has 0 bridgehead atoms. The highest BCUT2D eigenvalue weighted by Crippen LogP contribution is 2.54. The highest BCUT2D eigenvalue weighted by molar-refractivity contribution is 5.93. The van der Waals surface area contributed by atoms with E-state index < -0.39 is 5.41 Å². The van der Waals surface area contributed by atoms with E-state index in [0.717, 1.165) is 23.1 Å². The van der Waals surface area contributed by atoms with Gasteiger partial charge in [-0.2, -0.15) is 5.26 Å². The Morgan fingerprint density at radius 2 is 1.84 bits per heavy atom. The van der Waals surface area contributed by atoms with Crippen molar-refractivity contribution >= 4 is 10.9 Å². The van der Waals surface area contributed by atoms with E-state index in [1.54, 1.807) is 24.3 Å². The summed E-state index contributed by atoms with van der Waals surface area (Å²) in [6, 6.07) is 18.2. The summed E-state index contributed by atoms with van der Waals surface area (Å²) in [4.78, 5) is 14.7. The average molecular weight is 507 g/mol. The van der Waals surface area contributed by atoms with Crippen LogP contribution >= 0.6 is 0 Å². The molecule has 2 aromatic carbocycles. The lowest BCUT2D eigenvalue weighted by molar-refractivity contribution is 0.136. The number of aromatic nitrogens is 3. The second kappa shape index (κ2) is 9.00. The summed E-state index contributed by atoms with van der Waals surface area (Å²) in [5.74, 6) is 0.0755. The van der Waals surface area contributed by atoms with Crippen molar-refractivity contribution in [3.8, 4) is 28.7 Å². The number of benzene rings is 2. The van der Waals surface area contributed by atoms with Crippen LogP contribution in [0.15, 0.2) is 65.9 Å². The van der Waals surface area contributed by atoms with Gasteiger partial charge in [0.15, 0.2) is 5.82 Å². The van der Waals surface area contributed by atoms with Crippen LogP contribution in [0.3, 0.4) is 0 Å². The SMILES string of the molecule is C[C@H]1C(O)=C(C#N)C[C@@]2(C)c3nc(-c4cc(CO)nc5ccccc45)nc(-c4ccccc4F)c3CC[C@H]12. The molecule has 0 amide bonds. The highest BCUT2D eigenvalue weighted by Gasteiger charge is 2.50. The summed E-state index contributed by atoms with van der Waals surface area (Å²) in [6.07, 6.45) is 1.76. The fourth-order valence-corrected chi connectivity index (χ4v) is 6.52. The summed E-state index contributed by atoms with van der Waals surface area (Å²) >= 11 is 0. The number of hydrogen-bond donors (Lipinski definition) is 2. The first-order valence-corrected chi connectivity index (χ1v) is 12.8. The summed E-state index contributed by atoms with van der Waals surface area (Å²) in [6.45, 7) is 3.82. The molecule has 3 atom stereocenters. The van der Waals surface area contributed by atoms with Gasteiger partial charge >= 0.3 is 0 Å². The van der Waals surface area contributed by atoms with Crippen LogP contribution in [0.1, 0.15) is 43.6 Å². The molecule has 2 N–H and O–H groups in total. The number of allylic oxidation sites excluding steroid dienone is 2. The fraction of sp³-hybridized carbons (Fsp3) is 0.290. The Bertz CT molecular complexity index is 1670. The summed E-state index contributed by atoms with van der Waals surface area (Å²) in [7, 11) is 0. The van der Waals surface area contributed by atoms with Gasteiger partial charge in [0.05, 0.1) is 40.8 Å². The molecule has 0 aliphatic heterocycles. The molecular formula is C31H27FN4O2. The van der Waals surface area contributed by atoms with Crippen LogP contribution in [0.25, 0.3) is 33.5 Å². The minimum atomic E-state index is -0.551. The van der Waals surface area contributed by atoms with Gasteiger partial charge in [-0.25, -0.2) is 14.4 Å². The van der Waals surface area contributed by atoms with Crippen molar-refractivity contribution in [1.29, 1.82) is 5.26 Å². The minimum Gasteiger partial charge on any atom is -0.511 e. The molecule has 0 spiro atoms. The smallest absolute Gasteiger partial charge is 0.160 e. The molecule has 0 fully saturated rings. The normalized spacial score (nSPS) is 22.6. The van der Waals surface area contributed by atoms with Crippen molar-refractivity contribution in [1.82, 2.24) is 15.0 Å². The van der Waals surface area contributed by atoms with Gasteiger partial charge in [0.2, 0.25) is 0 Å². The van der Waals surface area contributed by atoms with Crippen LogP contribution in [-0.2, 0) is 18.4 Å². The lowest BCUT2D eigenvalue weighted by Gasteiger charge is -2.48. The van der Waals surface area contributed by atoms with Crippen molar-refractivity contribution < 1.29 is 14.6 Å². The summed E-state index contributed by atoms with van der Waals surface area (Å²) < 4.78 is 15.2. The van der Waals surface area contributed by atoms with E-state index in [2.05, 4.69) is 18.0 Å². The van der Waals surface area contributed by atoms with Crippen LogP contribution in [-0.4, -0.2) is 25.2 Å². The number of pyridine rings is 1. The second-order valence-electron chi connectivity index (χ2n) is 10.5. The predicted octanol–water partition coefficient (Wildman–Crippen LogP) is 6.19. The first-order valence-electron chi connectivity index (χ1n) is 12.8. The van der Waals surface area contributed by atoms with Crippen LogP contribution < -0.4 is 0 Å². The standard InChI is InChI=1S/C31H27FN4O2/c1-17-24-12-11-22-27(21-8-3-5-9-25(21)32)35-30(36-29(22)31(24,2)14-18(15-33)28(17)38)23-13-19(16-37)34-26-10-6-4-7-20(23)26/h3-10,13,17,24,37-38H,11-12,14,16H2,1-2H3/t17-,24-,31-/m1/s1. The topological polar surface area (TPSA) is 103 Å². The van der Waals surface area contributed by atoms with E-state index in [4.69, 9.17) is 9.97 Å². The van der Waals surface area contributed by atoms with Crippen molar-refractivity contribution in [3.05, 3.63) is 88.7 Å². The number of aliphatic hydroxyl groups excluding tert-OH is 2. The van der Waals surface area contributed by atoms with E-state index >= 15 is 4.39 Å². The molecule has 7 heteroatoms. The van der Waals surface area contributed by atoms with Crippen molar-refractivity contribution in [3.63, 3.8) is 0 Å². The van der Waals surface area contributed by atoms with Gasteiger partial charge in [0.25, 0.3) is 0 Å². The molecule has 2 heterocycles. The second-order valence-corrected chi connectivity index (χ2v) is 10.5. The minimum absolute atomic E-state index is 0.0607. The number of nitriles is 1. The molecule has 38 heavy (non-hydrogen) atoms. The Balaban J connectivity index is 1.68. The van der Waals surface area contributed by atoms with Gasteiger partial charge in [-0.1, -0.05) is 44.2 Å². The Morgan fingerprint density at radius 1 is 1.08 bits per heavy atom. The molecule has 6 nitrogen and oxygen atoms in total. The van der Waals surface area contributed by atoms with Crippen LogP contribution in [0.2, 0.25) is 0 Å². The monoisotopic (exact) mass is 506 g/mol. The molecule has 0 saturated heterocycles. The number of para-hydroxylation sites is 1. The average Bonchev–Trinajstić information content (AvgIpc) is 2.94. The Kier molecular flexibility index (Phi) is 5.73. The van der Waals surface area contributed by atoms with E-state index in [0.29, 0.717) is 52.3 Å². The largest absolute Gasteiger partial charge is 0.511 e. The molecule has 190 valence electrons. The van der Waals surface area contributed by atoms with E-state index in [1.807, 2.05) is 31.2 Å². The number of hydrogen-bond acceptors (Lipinski definition) is 6. The molecule has 0 saturated carbocycles. The maximum atomic E-state index is 15.2. The Hall–Kier alpha value is -4.15. The van der Waals surface area contributed by atoms with E-state index in [9.17, 15) is 15.5 Å². The number of nitrogens with zero attached hydrogens (tertiary/aromatic N) is 4. The first-order chi connectivity index (χ1) is 18.4. The van der Waals surface area contributed by atoms with Crippen LogP contribution in [0, 0.1) is 29.0 Å². The quantitative estimate of drug-likeness (QED) is 0.344. The zero-order valence-corrected chi connectivity index (χ0v) is 21.2. The van der Waals surface area contributed by atoms with E-state index in [-0.39, 0.29) is 30.0 Å². The maximum Gasteiger partial charge on any atom is 0.160 e. The third-order valence-corrected chi connectivity index (χ3v) is 8.40. The summed E-state index contributed by atoms with van der Waals surface area (Å²) in [5.41, 5.74) is 4.32. The fourth-order valence-electron chi connectivity index (χ4n) is 6.52. The maximum absolute atomic E-state index is 15.2. The van der Waals surface area contributed by atoms with Crippen molar-refractivity contribution in [2.24, 2.45) is 11.8 Å². The molecule has 0 radical (unpaired) electrons. The van der Waals surface area contributed by atoms with Crippen molar-refractivity contribution in [2.45, 2.75) is 45.1 Å². The Labute approximate surface area is 220 Å². The lowest BCUT2D eigenvalue weighted by Crippen LogP contribution is -2.45. The third kappa shape index (κ3) is 3.59. The first kappa shape index (κ1) is 24.2. The van der Waals surface area contributed by atoms with E-state index in [1.165, 1.54) is 6.07 Å². The molecule has 0 unspecified atom stereocenters. The lowest BCUT2D eigenvalue weighted by atomic mass is 9.56. The van der Waals surface area contributed by atoms with Crippen molar-refractivity contribution in [2.75, 3.05) is 0 Å². The molecule has 4 aromatic rings. The number of aliphatic hydroxyl groups is 2. The van der Waals surface area contributed by atoms with Gasteiger partial charge in [-0.15, -0.1) is 0 Å². The van der Waals surface area contributed by atoms with Crippen LogP contribution in [0.4, 0.5) is 4.39 Å². The molecule has 6 rings (SSSR count). The number of halogens is 1. The molecular weight excluding hydrogens is 479 g/mol. The van der Waals surface area contributed by atoms with Gasteiger partial charge < -0.3 is 10.2 Å². The highest BCUT2D eigenvalue weighted by atomic mass is 19.1. The number of fused-ring (bicyclic) bond motifs is 4. The number of rotatable bonds is 3. The van der Waals surface area contributed by atoms with Gasteiger partial charge in [-0.3, -0.25) is 4.98 Å². The Morgan fingerprint density at radius 3 is 2.61 bits per heavy atom. The zero-order valence-electron chi connectivity index (χ0n) is 21.2. The van der Waals surface area contributed by atoms with Gasteiger partial charge in [-0.05, 0) is 49.4 Å².